The standard InChI is InChI=1S/C7H14O5/c1-3-5(9)6(10)4(2-8)12-7(3)11/h3-11H,2H2,1H3/t3-,4?,5?,6?,7?/m0/s1. The maximum Gasteiger partial charge on any atom is 0.160 e. The Morgan fingerprint density at radius 1 is 1.17 bits per heavy atom. The minimum absolute atomic E-state index is 0.415. The van der Waals surface area contributed by atoms with Crippen LogP contribution >= 0.6 is 0 Å². The normalized spacial score (nSPS) is 49.2. The minimum atomic E-state index is -1.13. The van der Waals surface area contributed by atoms with E-state index in [1.165, 1.54) is 0 Å². The van der Waals surface area contributed by atoms with Gasteiger partial charge >= 0.3 is 0 Å². The lowest BCUT2D eigenvalue weighted by Crippen LogP contribution is -2.54. The lowest BCUT2D eigenvalue weighted by atomic mass is 9.93. The molecule has 0 bridgehead atoms. The maximum atomic E-state index is 9.32. The van der Waals surface area contributed by atoms with E-state index in [9.17, 15) is 10.2 Å². The van der Waals surface area contributed by atoms with E-state index in [1.54, 1.807) is 6.92 Å². The molecule has 0 saturated carbocycles. The molecule has 1 rings (SSSR count). The molecule has 4 unspecified atom stereocenters. The minimum Gasteiger partial charge on any atom is -0.394 e. The number of hydrogen-bond acceptors (Lipinski definition) is 5. The first-order valence-electron chi connectivity index (χ1n) is 3.88. The lowest BCUT2D eigenvalue weighted by Gasteiger charge is -2.38. The Morgan fingerprint density at radius 3 is 2.25 bits per heavy atom. The van der Waals surface area contributed by atoms with Crippen LogP contribution in [0.1, 0.15) is 6.92 Å². The first kappa shape index (κ1) is 9.88. The average molecular weight is 178 g/mol. The van der Waals surface area contributed by atoms with E-state index in [4.69, 9.17) is 14.9 Å². The van der Waals surface area contributed by atoms with Crippen LogP contribution in [0.2, 0.25) is 0 Å². The van der Waals surface area contributed by atoms with Crippen molar-refractivity contribution < 1.29 is 25.2 Å². The molecule has 1 saturated heterocycles. The van der Waals surface area contributed by atoms with Crippen molar-refractivity contribution in [1.29, 1.82) is 0 Å². The van der Waals surface area contributed by atoms with Crippen molar-refractivity contribution in [2.75, 3.05) is 6.61 Å². The molecule has 5 nitrogen and oxygen atoms in total. The molecule has 0 radical (unpaired) electrons. The van der Waals surface area contributed by atoms with Crippen LogP contribution in [0.3, 0.4) is 0 Å². The molecule has 0 spiro atoms. The van der Waals surface area contributed by atoms with Crippen molar-refractivity contribution in [3.8, 4) is 0 Å². The molecular weight excluding hydrogens is 164 g/mol. The van der Waals surface area contributed by atoms with Crippen LogP contribution in [-0.4, -0.2) is 51.6 Å². The summed E-state index contributed by atoms with van der Waals surface area (Å²) >= 11 is 0. The second kappa shape index (κ2) is 3.68. The van der Waals surface area contributed by atoms with E-state index >= 15 is 0 Å². The molecule has 0 aromatic carbocycles. The fourth-order valence-electron chi connectivity index (χ4n) is 1.23. The van der Waals surface area contributed by atoms with E-state index in [0.29, 0.717) is 0 Å². The second-order valence-electron chi connectivity index (χ2n) is 3.09. The molecule has 5 atom stereocenters. The van der Waals surface area contributed by atoms with Gasteiger partial charge in [-0.05, 0) is 0 Å². The van der Waals surface area contributed by atoms with Gasteiger partial charge in [-0.1, -0.05) is 6.92 Å². The van der Waals surface area contributed by atoms with Crippen LogP contribution in [0.5, 0.6) is 0 Å². The number of aliphatic hydroxyl groups excluding tert-OH is 4. The lowest BCUT2D eigenvalue weighted by molar-refractivity contribution is -0.266. The molecule has 1 aliphatic heterocycles. The first-order valence-corrected chi connectivity index (χ1v) is 3.88. The smallest absolute Gasteiger partial charge is 0.160 e. The summed E-state index contributed by atoms with van der Waals surface area (Å²) in [6, 6.07) is 0. The molecule has 12 heavy (non-hydrogen) atoms. The van der Waals surface area contributed by atoms with Crippen LogP contribution in [0.25, 0.3) is 0 Å². The van der Waals surface area contributed by atoms with Gasteiger partial charge in [0.25, 0.3) is 0 Å². The average Bonchev–Trinajstić information content (AvgIpc) is 2.08. The Morgan fingerprint density at radius 2 is 1.75 bits per heavy atom. The third-order valence-electron chi connectivity index (χ3n) is 2.21. The van der Waals surface area contributed by atoms with Gasteiger partial charge in [0.05, 0.1) is 12.7 Å². The molecular formula is C7H14O5. The Kier molecular flexibility index (Phi) is 3.03. The van der Waals surface area contributed by atoms with Crippen LogP contribution in [0, 0.1) is 5.92 Å². The van der Waals surface area contributed by atoms with Gasteiger partial charge in [0.1, 0.15) is 12.2 Å². The molecule has 0 aliphatic carbocycles. The molecule has 0 aromatic rings. The van der Waals surface area contributed by atoms with Crippen LogP contribution in [-0.2, 0) is 4.74 Å². The highest BCUT2D eigenvalue weighted by molar-refractivity contribution is 4.86. The van der Waals surface area contributed by atoms with E-state index in [0.717, 1.165) is 0 Å². The van der Waals surface area contributed by atoms with Gasteiger partial charge in [-0.15, -0.1) is 0 Å². The summed E-state index contributed by atoms with van der Waals surface area (Å²) in [5, 5.41) is 36.4. The third-order valence-corrected chi connectivity index (χ3v) is 2.21. The largest absolute Gasteiger partial charge is 0.394 e. The Hall–Kier alpha value is -0.200. The van der Waals surface area contributed by atoms with Crippen molar-refractivity contribution in [3.63, 3.8) is 0 Å². The summed E-state index contributed by atoms with van der Waals surface area (Å²) in [6.45, 7) is 1.15. The van der Waals surface area contributed by atoms with Crippen LogP contribution in [0.15, 0.2) is 0 Å². The third kappa shape index (κ3) is 1.60. The van der Waals surface area contributed by atoms with Gasteiger partial charge in [-0.25, -0.2) is 0 Å². The molecule has 1 aliphatic rings. The van der Waals surface area contributed by atoms with Crippen molar-refractivity contribution >= 4 is 0 Å². The Labute approximate surface area is 70.2 Å². The van der Waals surface area contributed by atoms with Crippen molar-refractivity contribution in [3.05, 3.63) is 0 Å². The maximum absolute atomic E-state index is 9.32. The molecule has 1 fully saturated rings. The molecule has 5 heteroatoms. The summed E-state index contributed by atoms with van der Waals surface area (Å²) < 4.78 is 4.83. The number of rotatable bonds is 1. The topological polar surface area (TPSA) is 90.2 Å². The monoisotopic (exact) mass is 178 g/mol. The van der Waals surface area contributed by atoms with Gasteiger partial charge in [-0.2, -0.15) is 0 Å². The van der Waals surface area contributed by atoms with Crippen LogP contribution in [0.4, 0.5) is 0 Å². The van der Waals surface area contributed by atoms with E-state index in [2.05, 4.69) is 0 Å². The highest BCUT2D eigenvalue weighted by atomic mass is 16.6. The van der Waals surface area contributed by atoms with Gasteiger partial charge in [0.15, 0.2) is 6.29 Å². The fourth-order valence-corrected chi connectivity index (χ4v) is 1.23. The zero-order chi connectivity index (χ0) is 9.30. The molecule has 0 amide bonds. The van der Waals surface area contributed by atoms with Gasteiger partial charge in [0, 0.05) is 5.92 Å². The summed E-state index contributed by atoms with van der Waals surface area (Å²) in [5.74, 6) is -0.539. The SMILES string of the molecule is C[C@@H]1C(O)OC(CO)C(O)C1O. The highest BCUT2D eigenvalue weighted by Gasteiger charge is 2.40. The number of ether oxygens (including phenoxy) is 1. The Balaban J connectivity index is 2.63. The van der Waals surface area contributed by atoms with Gasteiger partial charge in [-0.3, -0.25) is 0 Å². The fraction of sp³-hybridized carbons (Fsp3) is 1.00. The van der Waals surface area contributed by atoms with Crippen molar-refractivity contribution in [2.24, 2.45) is 5.92 Å². The van der Waals surface area contributed by atoms with Gasteiger partial charge < -0.3 is 25.2 Å². The van der Waals surface area contributed by atoms with Crippen molar-refractivity contribution in [2.45, 2.75) is 31.5 Å². The molecule has 4 N–H and O–H groups in total. The number of hydrogen-bond donors (Lipinski definition) is 4. The molecule has 72 valence electrons. The summed E-state index contributed by atoms with van der Waals surface area (Å²) in [7, 11) is 0. The zero-order valence-corrected chi connectivity index (χ0v) is 6.79. The van der Waals surface area contributed by atoms with E-state index in [-0.39, 0.29) is 0 Å². The first-order chi connectivity index (χ1) is 5.57. The zero-order valence-electron chi connectivity index (χ0n) is 6.79. The summed E-state index contributed by atoms with van der Waals surface area (Å²) in [4.78, 5) is 0. The summed E-state index contributed by atoms with van der Waals surface area (Å²) in [6.07, 6.45) is -4.20. The number of aliphatic hydroxyl groups is 4. The quantitative estimate of drug-likeness (QED) is 0.375. The highest BCUT2D eigenvalue weighted by Crippen LogP contribution is 2.23. The van der Waals surface area contributed by atoms with E-state index < -0.39 is 37.1 Å². The second-order valence-corrected chi connectivity index (χ2v) is 3.09. The predicted octanol–water partition coefficient (Wildman–Crippen LogP) is -1.95. The Bertz CT molecular complexity index is 146. The summed E-state index contributed by atoms with van der Waals surface area (Å²) in [5.41, 5.74) is 0. The molecule has 1 heterocycles. The predicted molar refractivity (Wildman–Crippen MR) is 39.1 cm³/mol. The van der Waals surface area contributed by atoms with Crippen LogP contribution < -0.4 is 0 Å². The van der Waals surface area contributed by atoms with Crippen molar-refractivity contribution in [1.82, 2.24) is 0 Å². The van der Waals surface area contributed by atoms with E-state index in [1.807, 2.05) is 0 Å². The van der Waals surface area contributed by atoms with Gasteiger partial charge in [0.2, 0.25) is 0 Å². The molecule has 0 aromatic heterocycles.